The number of aromatic amines is 1. The third-order valence-electron chi connectivity index (χ3n) is 3.40. The summed E-state index contributed by atoms with van der Waals surface area (Å²) in [4.78, 5) is 15.4. The fourth-order valence-corrected chi connectivity index (χ4v) is 2.56. The van der Waals surface area contributed by atoms with Crippen LogP contribution in [-0.2, 0) is 0 Å². The third-order valence-corrected chi connectivity index (χ3v) is 3.40. The Bertz CT molecular complexity index is 822. The van der Waals surface area contributed by atoms with Crippen LogP contribution in [0.2, 0.25) is 0 Å². The number of carbonyl (C=O) groups is 1. The van der Waals surface area contributed by atoms with Gasteiger partial charge in [0.25, 0.3) is 5.91 Å². The van der Waals surface area contributed by atoms with Gasteiger partial charge in [-0.15, -0.1) is 0 Å². The SMILES string of the molecule is C=C/C=C(\C=C/C)c1[nH]c2cccc3c2c1C=NNC3=O. The largest absolute Gasteiger partial charge is 0.354 e. The molecule has 4 nitrogen and oxygen atoms in total. The van der Waals surface area contributed by atoms with Gasteiger partial charge in [-0.3, -0.25) is 4.79 Å². The van der Waals surface area contributed by atoms with Crippen LogP contribution in [0.25, 0.3) is 16.5 Å². The molecule has 0 aliphatic carbocycles. The number of hydrazone groups is 1. The fraction of sp³-hybridized carbons (Fsp3) is 0.0588. The van der Waals surface area contributed by atoms with Crippen LogP contribution in [0.5, 0.6) is 0 Å². The van der Waals surface area contributed by atoms with Gasteiger partial charge >= 0.3 is 0 Å². The first-order valence-corrected chi connectivity index (χ1v) is 6.70. The highest BCUT2D eigenvalue weighted by atomic mass is 16.2. The lowest BCUT2D eigenvalue weighted by Crippen LogP contribution is -2.16. The Labute approximate surface area is 122 Å². The summed E-state index contributed by atoms with van der Waals surface area (Å²) < 4.78 is 0. The Morgan fingerprint density at radius 3 is 3.00 bits per heavy atom. The molecule has 0 atom stereocenters. The first-order chi connectivity index (χ1) is 10.3. The number of rotatable bonds is 3. The summed E-state index contributed by atoms with van der Waals surface area (Å²) in [6, 6.07) is 5.62. The molecule has 0 radical (unpaired) electrons. The summed E-state index contributed by atoms with van der Waals surface area (Å²) in [5.41, 5.74) is 6.89. The van der Waals surface area contributed by atoms with E-state index in [2.05, 4.69) is 22.1 Å². The molecule has 104 valence electrons. The zero-order valence-corrected chi connectivity index (χ0v) is 11.7. The second-order valence-electron chi connectivity index (χ2n) is 4.70. The van der Waals surface area contributed by atoms with Crippen LogP contribution in [0.3, 0.4) is 0 Å². The average Bonchev–Trinajstić information content (AvgIpc) is 2.76. The van der Waals surface area contributed by atoms with Crippen molar-refractivity contribution in [1.29, 1.82) is 0 Å². The van der Waals surface area contributed by atoms with Crippen molar-refractivity contribution in [3.63, 3.8) is 0 Å². The van der Waals surface area contributed by atoms with Gasteiger partial charge in [-0.1, -0.05) is 36.9 Å². The van der Waals surface area contributed by atoms with Crippen LogP contribution in [0.4, 0.5) is 0 Å². The number of allylic oxidation sites excluding steroid dienone is 5. The van der Waals surface area contributed by atoms with Gasteiger partial charge in [-0.05, 0) is 24.6 Å². The summed E-state index contributed by atoms with van der Waals surface area (Å²) in [7, 11) is 0. The Morgan fingerprint density at radius 1 is 1.38 bits per heavy atom. The van der Waals surface area contributed by atoms with E-state index in [-0.39, 0.29) is 5.91 Å². The maximum Gasteiger partial charge on any atom is 0.272 e. The molecule has 0 unspecified atom stereocenters. The zero-order valence-electron chi connectivity index (χ0n) is 11.7. The Kier molecular flexibility index (Phi) is 3.28. The minimum Gasteiger partial charge on any atom is -0.354 e. The summed E-state index contributed by atoms with van der Waals surface area (Å²) in [6.45, 7) is 5.72. The predicted octanol–water partition coefficient (Wildman–Crippen LogP) is 3.39. The number of aromatic nitrogens is 1. The lowest BCUT2D eigenvalue weighted by Gasteiger charge is -2.00. The maximum atomic E-state index is 12.0. The fourth-order valence-electron chi connectivity index (χ4n) is 2.56. The van der Waals surface area contributed by atoms with Gasteiger partial charge in [0.05, 0.1) is 17.5 Å². The lowest BCUT2D eigenvalue weighted by molar-refractivity contribution is 0.0957. The maximum absolute atomic E-state index is 12.0. The summed E-state index contributed by atoms with van der Waals surface area (Å²) in [5, 5.41) is 4.90. The van der Waals surface area contributed by atoms with Crippen molar-refractivity contribution in [2.24, 2.45) is 5.10 Å². The highest BCUT2D eigenvalue weighted by Crippen LogP contribution is 2.30. The number of amides is 1. The summed E-state index contributed by atoms with van der Waals surface area (Å²) in [5.74, 6) is -0.193. The van der Waals surface area contributed by atoms with Crippen molar-refractivity contribution >= 4 is 28.6 Å². The molecule has 1 amide bonds. The number of nitrogens with one attached hydrogen (secondary N) is 2. The second-order valence-corrected chi connectivity index (χ2v) is 4.70. The van der Waals surface area contributed by atoms with E-state index in [0.717, 1.165) is 27.7 Å². The molecule has 1 aromatic heterocycles. The molecule has 0 saturated heterocycles. The first kappa shape index (κ1) is 13.1. The van der Waals surface area contributed by atoms with Gasteiger partial charge in [-0.2, -0.15) is 5.10 Å². The molecule has 2 heterocycles. The molecule has 3 rings (SSSR count). The highest BCUT2D eigenvalue weighted by Gasteiger charge is 2.20. The molecule has 2 aromatic rings. The van der Waals surface area contributed by atoms with E-state index < -0.39 is 0 Å². The Morgan fingerprint density at radius 2 is 2.24 bits per heavy atom. The van der Waals surface area contributed by atoms with E-state index >= 15 is 0 Å². The van der Waals surface area contributed by atoms with E-state index in [1.807, 2.05) is 37.3 Å². The molecule has 1 aliphatic heterocycles. The Hall–Kier alpha value is -2.88. The number of hydrogen-bond acceptors (Lipinski definition) is 2. The van der Waals surface area contributed by atoms with Gasteiger partial charge in [0, 0.05) is 16.5 Å². The number of H-pyrrole nitrogens is 1. The standard InChI is InChI=1S/C17H15N3O/c1-3-6-11(7-4-2)16-13-10-18-20-17(21)12-8-5-9-14(19-16)15(12)13/h3-10,19H,1H2,2H3,(H,20,21)/b7-4-,11-6+. The van der Waals surface area contributed by atoms with Crippen LogP contribution in [-0.4, -0.2) is 17.1 Å². The van der Waals surface area contributed by atoms with Crippen molar-refractivity contribution < 1.29 is 4.79 Å². The van der Waals surface area contributed by atoms with Crippen molar-refractivity contribution in [2.45, 2.75) is 6.92 Å². The minimum absolute atomic E-state index is 0.193. The molecule has 0 bridgehead atoms. The molecule has 4 heteroatoms. The molecule has 0 saturated carbocycles. The molecule has 1 aromatic carbocycles. The highest BCUT2D eigenvalue weighted by molar-refractivity contribution is 6.16. The number of nitrogens with zero attached hydrogens (tertiary/aromatic N) is 1. The van der Waals surface area contributed by atoms with Gasteiger partial charge < -0.3 is 4.98 Å². The molecule has 0 fully saturated rings. The summed E-state index contributed by atoms with van der Waals surface area (Å²) in [6.07, 6.45) is 9.31. The van der Waals surface area contributed by atoms with Gasteiger partial charge in [-0.25, -0.2) is 5.43 Å². The summed E-state index contributed by atoms with van der Waals surface area (Å²) >= 11 is 0. The monoisotopic (exact) mass is 277 g/mol. The molecule has 0 spiro atoms. The molecule has 2 N–H and O–H groups in total. The first-order valence-electron chi connectivity index (χ1n) is 6.70. The quantitative estimate of drug-likeness (QED) is 0.830. The minimum atomic E-state index is -0.193. The van der Waals surface area contributed by atoms with E-state index in [1.165, 1.54) is 0 Å². The number of carbonyl (C=O) groups excluding carboxylic acids is 1. The van der Waals surface area contributed by atoms with Crippen molar-refractivity contribution in [3.8, 4) is 0 Å². The van der Waals surface area contributed by atoms with Gasteiger partial charge in [0.1, 0.15) is 0 Å². The van der Waals surface area contributed by atoms with Crippen molar-refractivity contribution in [2.75, 3.05) is 0 Å². The van der Waals surface area contributed by atoms with Gasteiger partial charge in [0.2, 0.25) is 0 Å². The van der Waals surface area contributed by atoms with E-state index in [0.29, 0.717) is 5.56 Å². The third kappa shape index (κ3) is 2.10. The zero-order chi connectivity index (χ0) is 14.8. The van der Waals surface area contributed by atoms with E-state index in [9.17, 15) is 4.79 Å². The average molecular weight is 277 g/mol. The van der Waals surface area contributed by atoms with Crippen LogP contribution in [0.15, 0.2) is 54.2 Å². The van der Waals surface area contributed by atoms with E-state index in [4.69, 9.17) is 0 Å². The van der Waals surface area contributed by atoms with E-state index in [1.54, 1.807) is 18.4 Å². The van der Waals surface area contributed by atoms with Gasteiger partial charge in [0.15, 0.2) is 0 Å². The van der Waals surface area contributed by atoms with Crippen molar-refractivity contribution in [3.05, 3.63) is 65.9 Å². The van der Waals surface area contributed by atoms with Crippen LogP contribution in [0.1, 0.15) is 28.5 Å². The molecular weight excluding hydrogens is 262 g/mol. The smallest absolute Gasteiger partial charge is 0.272 e. The van der Waals surface area contributed by atoms with Crippen LogP contribution >= 0.6 is 0 Å². The lowest BCUT2D eigenvalue weighted by atomic mass is 10.0. The van der Waals surface area contributed by atoms with Crippen molar-refractivity contribution in [1.82, 2.24) is 10.4 Å². The molecule has 21 heavy (non-hydrogen) atoms. The number of benzene rings is 1. The predicted molar refractivity (Wildman–Crippen MR) is 86.3 cm³/mol. The van der Waals surface area contributed by atoms with Crippen LogP contribution in [0, 0.1) is 0 Å². The Balaban J connectivity index is 2.37. The number of hydrogen-bond donors (Lipinski definition) is 2. The molecule has 1 aliphatic rings. The second kappa shape index (κ2) is 5.25. The topological polar surface area (TPSA) is 57.2 Å². The normalized spacial score (nSPS) is 14.5. The molecular formula is C17H15N3O. The van der Waals surface area contributed by atoms with Crippen LogP contribution < -0.4 is 5.43 Å².